The van der Waals surface area contributed by atoms with Crippen molar-refractivity contribution < 1.29 is 23.1 Å². The van der Waals surface area contributed by atoms with Crippen LogP contribution in [0.4, 0.5) is 25.8 Å². The zero-order valence-electron chi connectivity index (χ0n) is 14.7. The minimum absolute atomic E-state index is 0.0548. The van der Waals surface area contributed by atoms with Gasteiger partial charge in [0.2, 0.25) is 0 Å². The van der Waals surface area contributed by atoms with Crippen LogP contribution >= 0.6 is 0 Å². The molecule has 1 aromatic heterocycles. The van der Waals surface area contributed by atoms with Gasteiger partial charge in [0.05, 0.1) is 35.8 Å². The molecule has 0 fully saturated rings. The minimum Gasteiger partial charge on any atom is -0.465 e. The van der Waals surface area contributed by atoms with E-state index in [2.05, 4.69) is 20.4 Å². The maximum Gasteiger partial charge on any atom is 0.337 e. The maximum atomic E-state index is 13.8. The molecule has 0 atom stereocenters. The van der Waals surface area contributed by atoms with Crippen LogP contribution in [0.2, 0.25) is 0 Å². The van der Waals surface area contributed by atoms with E-state index in [0.29, 0.717) is 16.9 Å². The Bertz CT molecular complexity index is 1020. The van der Waals surface area contributed by atoms with Gasteiger partial charge in [0, 0.05) is 18.0 Å². The Morgan fingerprint density at radius 3 is 2.36 bits per heavy atom. The Labute approximate surface area is 159 Å². The van der Waals surface area contributed by atoms with Gasteiger partial charge in [-0.3, -0.25) is 9.78 Å². The molecular formula is C20H15F2N3O3. The average Bonchev–Trinajstić information content (AvgIpc) is 2.70. The summed E-state index contributed by atoms with van der Waals surface area (Å²) in [6, 6.07) is 10.8. The van der Waals surface area contributed by atoms with Crippen molar-refractivity contribution in [1.82, 2.24) is 4.98 Å². The molecule has 1 heterocycles. The van der Waals surface area contributed by atoms with Crippen molar-refractivity contribution in [2.24, 2.45) is 0 Å². The van der Waals surface area contributed by atoms with E-state index in [9.17, 15) is 18.4 Å². The van der Waals surface area contributed by atoms with E-state index < -0.39 is 23.5 Å². The second kappa shape index (κ2) is 8.26. The molecular weight excluding hydrogens is 368 g/mol. The highest BCUT2D eigenvalue weighted by Crippen LogP contribution is 2.21. The first-order valence-corrected chi connectivity index (χ1v) is 8.13. The largest absolute Gasteiger partial charge is 0.465 e. The van der Waals surface area contributed by atoms with Gasteiger partial charge in [0.25, 0.3) is 5.91 Å². The van der Waals surface area contributed by atoms with Gasteiger partial charge in [-0.1, -0.05) is 0 Å². The number of amides is 1. The molecule has 0 aliphatic carbocycles. The molecule has 0 unspecified atom stereocenters. The quantitative estimate of drug-likeness (QED) is 0.647. The Morgan fingerprint density at radius 2 is 1.68 bits per heavy atom. The summed E-state index contributed by atoms with van der Waals surface area (Å²) in [6.07, 6.45) is 2.76. The molecule has 0 aliphatic rings. The molecule has 0 aliphatic heterocycles. The number of anilines is 3. The van der Waals surface area contributed by atoms with Gasteiger partial charge in [-0.05, 0) is 42.5 Å². The standard InChI is InChI=1S/C20H15F2N3O3/c1-28-20(27)12-2-5-15(6-3-12)25-19(26)13-8-16(11-23-10-13)24-18-7-4-14(21)9-17(18)22/h2-11,24H,1H3,(H,25,26). The molecule has 0 radical (unpaired) electrons. The van der Waals surface area contributed by atoms with Crippen LogP contribution in [-0.2, 0) is 4.74 Å². The second-order valence-corrected chi connectivity index (χ2v) is 5.73. The number of methoxy groups -OCH3 is 1. The molecule has 6 nitrogen and oxygen atoms in total. The fraction of sp³-hybridized carbons (Fsp3) is 0.0500. The summed E-state index contributed by atoms with van der Waals surface area (Å²) in [5, 5.41) is 5.42. The highest BCUT2D eigenvalue weighted by Gasteiger charge is 2.10. The summed E-state index contributed by atoms with van der Waals surface area (Å²) >= 11 is 0. The number of aromatic nitrogens is 1. The van der Waals surface area contributed by atoms with Gasteiger partial charge in [-0.15, -0.1) is 0 Å². The Balaban J connectivity index is 1.72. The Hall–Kier alpha value is -3.81. The van der Waals surface area contributed by atoms with Crippen LogP contribution < -0.4 is 10.6 Å². The monoisotopic (exact) mass is 383 g/mol. The lowest BCUT2D eigenvalue weighted by Gasteiger charge is -2.10. The summed E-state index contributed by atoms with van der Waals surface area (Å²) in [5.74, 6) is -2.37. The van der Waals surface area contributed by atoms with Crippen LogP contribution in [0.5, 0.6) is 0 Å². The van der Waals surface area contributed by atoms with Crippen LogP contribution in [0.15, 0.2) is 60.9 Å². The summed E-state index contributed by atoms with van der Waals surface area (Å²) in [7, 11) is 1.28. The molecule has 0 saturated heterocycles. The highest BCUT2D eigenvalue weighted by atomic mass is 19.1. The minimum atomic E-state index is -0.763. The number of rotatable bonds is 5. The number of benzene rings is 2. The first-order valence-electron chi connectivity index (χ1n) is 8.13. The number of halogens is 2. The zero-order valence-corrected chi connectivity index (χ0v) is 14.7. The lowest BCUT2D eigenvalue weighted by atomic mass is 10.2. The first kappa shape index (κ1) is 19.0. The summed E-state index contributed by atoms with van der Waals surface area (Å²) in [4.78, 5) is 27.8. The van der Waals surface area contributed by atoms with Gasteiger partial charge in [0.1, 0.15) is 11.6 Å². The van der Waals surface area contributed by atoms with Crippen molar-refractivity contribution in [2.45, 2.75) is 0 Å². The van der Waals surface area contributed by atoms with E-state index in [1.54, 1.807) is 12.1 Å². The third kappa shape index (κ3) is 4.47. The molecule has 3 rings (SSSR count). The summed E-state index contributed by atoms with van der Waals surface area (Å²) < 4.78 is 31.4. The van der Waals surface area contributed by atoms with E-state index in [4.69, 9.17) is 0 Å². The van der Waals surface area contributed by atoms with E-state index in [-0.39, 0.29) is 11.3 Å². The Kier molecular flexibility index (Phi) is 5.59. The molecule has 0 spiro atoms. The first-order chi connectivity index (χ1) is 13.5. The molecule has 28 heavy (non-hydrogen) atoms. The summed E-state index contributed by atoms with van der Waals surface area (Å²) in [6.45, 7) is 0. The number of carbonyl (C=O) groups excluding carboxylic acids is 2. The van der Waals surface area contributed by atoms with E-state index in [1.165, 1.54) is 43.8 Å². The van der Waals surface area contributed by atoms with Gasteiger partial charge in [0.15, 0.2) is 0 Å². The average molecular weight is 383 g/mol. The smallest absolute Gasteiger partial charge is 0.337 e. The molecule has 1 amide bonds. The molecule has 8 heteroatoms. The van der Waals surface area contributed by atoms with E-state index >= 15 is 0 Å². The molecule has 0 saturated carbocycles. The van der Waals surface area contributed by atoms with Crippen molar-refractivity contribution in [3.63, 3.8) is 0 Å². The van der Waals surface area contributed by atoms with Crippen molar-refractivity contribution in [1.29, 1.82) is 0 Å². The van der Waals surface area contributed by atoms with Crippen molar-refractivity contribution in [3.05, 3.63) is 83.7 Å². The van der Waals surface area contributed by atoms with Crippen LogP contribution in [0, 0.1) is 11.6 Å². The van der Waals surface area contributed by atoms with Crippen LogP contribution in [0.25, 0.3) is 0 Å². The third-order valence-corrected chi connectivity index (χ3v) is 3.77. The number of pyridine rings is 1. The zero-order chi connectivity index (χ0) is 20.1. The highest BCUT2D eigenvalue weighted by molar-refractivity contribution is 6.04. The number of carbonyl (C=O) groups is 2. The molecule has 2 N–H and O–H groups in total. The third-order valence-electron chi connectivity index (χ3n) is 3.77. The molecule has 3 aromatic rings. The van der Waals surface area contributed by atoms with Crippen molar-refractivity contribution >= 4 is 28.9 Å². The fourth-order valence-corrected chi connectivity index (χ4v) is 2.39. The van der Waals surface area contributed by atoms with E-state index in [0.717, 1.165) is 12.1 Å². The normalized spacial score (nSPS) is 10.2. The number of hydrogen-bond donors (Lipinski definition) is 2. The summed E-state index contributed by atoms with van der Waals surface area (Å²) in [5.41, 5.74) is 1.47. The fourth-order valence-electron chi connectivity index (χ4n) is 2.39. The predicted octanol–water partition coefficient (Wildman–Crippen LogP) is 4.14. The van der Waals surface area contributed by atoms with Crippen molar-refractivity contribution in [2.75, 3.05) is 17.7 Å². The van der Waals surface area contributed by atoms with Gasteiger partial charge in [-0.2, -0.15) is 0 Å². The Morgan fingerprint density at radius 1 is 0.929 bits per heavy atom. The van der Waals surface area contributed by atoms with Crippen LogP contribution in [0.1, 0.15) is 20.7 Å². The number of nitrogens with zero attached hydrogens (tertiary/aromatic N) is 1. The number of ether oxygens (including phenoxy) is 1. The van der Waals surface area contributed by atoms with Gasteiger partial charge in [-0.25, -0.2) is 13.6 Å². The number of esters is 1. The maximum absolute atomic E-state index is 13.8. The lowest BCUT2D eigenvalue weighted by molar-refractivity contribution is 0.0600. The molecule has 142 valence electrons. The van der Waals surface area contributed by atoms with Gasteiger partial charge >= 0.3 is 5.97 Å². The van der Waals surface area contributed by atoms with Crippen molar-refractivity contribution in [3.8, 4) is 0 Å². The predicted molar refractivity (Wildman–Crippen MR) is 99.6 cm³/mol. The lowest BCUT2D eigenvalue weighted by Crippen LogP contribution is -2.13. The van der Waals surface area contributed by atoms with E-state index in [1.807, 2.05) is 0 Å². The molecule has 0 bridgehead atoms. The number of nitrogens with one attached hydrogen (secondary N) is 2. The van der Waals surface area contributed by atoms with Gasteiger partial charge < -0.3 is 15.4 Å². The van der Waals surface area contributed by atoms with Crippen LogP contribution in [0.3, 0.4) is 0 Å². The second-order valence-electron chi connectivity index (χ2n) is 5.73. The molecule has 2 aromatic carbocycles. The van der Waals surface area contributed by atoms with Crippen LogP contribution in [-0.4, -0.2) is 24.0 Å². The topological polar surface area (TPSA) is 80.3 Å². The number of hydrogen-bond acceptors (Lipinski definition) is 5. The SMILES string of the molecule is COC(=O)c1ccc(NC(=O)c2cncc(Nc3ccc(F)cc3F)c2)cc1.